The second kappa shape index (κ2) is 11.8. The number of nitrogens with zero attached hydrogens (tertiary/aromatic N) is 1. The predicted octanol–water partition coefficient (Wildman–Crippen LogP) is 4.40. The Morgan fingerprint density at radius 2 is 1.55 bits per heavy atom. The van der Waals surface area contributed by atoms with Gasteiger partial charge in [-0.05, 0) is 30.6 Å². The van der Waals surface area contributed by atoms with Gasteiger partial charge >= 0.3 is 0 Å². The fourth-order valence-corrected chi connectivity index (χ4v) is 2.91. The lowest BCUT2D eigenvalue weighted by atomic mass is 9.70. The monoisotopic (exact) mass is 302 g/mol. The first-order chi connectivity index (χ1) is 10.4. The van der Waals surface area contributed by atoms with E-state index in [1.165, 1.54) is 19.8 Å². The Balaban J connectivity index is 0.000000404. The standard InChI is InChI=1S/C11H21NO.C6H6.C2H3N/c1-7(2)9-5-4-8(3)6-10(9)11(12)13;1-2-4-6-5-3-1;1-2-3/h7-10H,4-6H2,1-3H3,(H2,12,13);1-6H;1H3. The van der Waals surface area contributed by atoms with Crippen molar-refractivity contribution >= 4 is 5.91 Å². The summed E-state index contributed by atoms with van der Waals surface area (Å²) in [6.07, 6.45) is 3.43. The van der Waals surface area contributed by atoms with Crippen LogP contribution in [0.1, 0.15) is 47.0 Å². The lowest BCUT2D eigenvalue weighted by Gasteiger charge is -2.35. The molecular weight excluding hydrogens is 272 g/mol. The first kappa shape index (κ1) is 20.2. The molecule has 0 radical (unpaired) electrons. The van der Waals surface area contributed by atoms with E-state index in [1.54, 1.807) is 6.07 Å². The predicted molar refractivity (Wildman–Crippen MR) is 91.8 cm³/mol. The maximum atomic E-state index is 11.2. The fourth-order valence-electron chi connectivity index (χ4n) is 2.91. The number of amides is 1. The van der Waals surface area contributed by atoms with Crippen molar-refractivity contribution < 1.29 is 4.79 Å². The van der Waals surface area contributed by atoms with Gasteiger partial charge in [-0.2, -0.15) is 5.26 Å². The molecule has 0 saturated heterocycles. The molecular formula is C19H30N2O. The summed E-state index contributed by atoms with van der Waals surface area (Å²) in [6, 6.07) is 13.8. The molecule has 3 unspecified atom stereocenters. The van der Waals surface area contributed by atoms with E-state index in [0.29, 0.717) is 17.8 Å². The molecule has 1 saturated carbocycles. The van der Waals surface area contributed by atoms with Gasteiger partial charge in [0.1, 0.15) is 0 Å². The van der Waals surface area contributed by atoms with E-state index < -0.39 is 0 Å². The summed E-state index contributed by atoms with van der Waals surface area (Å²) >= 11 is 0. The highest BCUT2D eigenvalue weighted by molar-refractivity contribution is 5.77. The molecule has 0 aromatic heterocycles. The van der Waals surface area contributed by atoms with Crippen molar-refractivity contribution in [1.29, 1.82) is 5.26 Å². The van der Waals surface area contributed by atoms with E-state index in [4.69, 9.17) is 11.0 Å². The lowest BCUT2D eigenvalue weighted by Crippen LogP contribution is -2.37. The SMILES string of the molecule is CC#N.CC1CCC(C(C)C)C(C(N)=O)C1.c1ccccc1. The zero-order chi connectivity index (χ0) is 17.0. The van der Waals surface area contributed by atoms with Gasteiger partial charge in [0.05, 0.1) is 6.07 Å². The largest absolute Gasteiger partial charge is 0.369 e. The molecule has 0 heterocycles. The molecule has 3 nitrogen and oxygen atoms in total. The van der Waals surface area contributed by atoms with E-state index in [1.807, 2.05) is 36.4 Å². The average molecular weight is 302 g/mol. The van der Waals surface area contributed by atoms with Crippen molar-refractivity contribution in [2.45, 2.75) is 47.0 Å². The van der Waals surface area contributed by atoms with Crippen LogP contribution in [-0.2, 0) is 4.79 Å². The first-order valence-electron chi connectivity index (χ1n) is 8.04. The van der Waals surface area contributed by atoms with Gasteiger partial charge < -0.3 is 5.73 Å². The molecule has 3 heteroatoms. The number of hydrogen-bond donors (Lipinski definition) is 1. The Bertz CT molecular complexity index is 410. The number of nitriles is 1. The van der Waals surface area contributed by atoms with E-state index in [0.717, 1.165) is 6.42 Å². The van der Waals surface area contributed by atoms with Crippen LogP contribution in [0.4, 0.5) is 0 Å². The third kappa shape index (κ3) is 8.46. The highest BCUT2D eigenvalue weighted by Crippen LogP contribution is 2.37. The molecule has 1 aliphatic rings. The second-order valence-electron chi connectivity index (χ2n) is 6.21. The van der Waals surface area contributed by atoms with Crippen LogP contribution in [0.3, 0.4) is 0 Å². The molecule has 3 atom stereocenters. The molecule has 0 aliphatic heterocycles. The second-order valence-corrected chi connectivity index (χ2v) is 6.21. The number of hydrogen-bond acceptors (Lipinski definition) is 2. The van der Waals surface area contributed by atoms with Crippen molar-refractivity contribution in [3.8, 4) is 6.07 Å². The molecule has 1 amide bonds. The van der Waals surface area contributed by atoms with Gasteiger partial charge in [0.25, 0.3) is 0 Å². The van der Waals surface area contributed by atoms with Crippen LogP contribution < -0.4 is 5.73 Å². The number of benzene rings is 1. The summed E-state index contributed by atoms with van der Waals surface area (Å²) in [7, 11) is 0. The lowest BCUT2D eigenvalue weighted by molar-refractivity contribution is -0.125. The normalized spacial score (nSPS) is 23.2. The maximum absolute atomic E-state index is 11.2. The molecule has 1 aliphatic carbocycles. The molecule has 122 valence electrons. The number of rotatable bonds is 2. The van der Waals surface area contributed by atoms with Crippen molar-refractivity contribution in [2.24, 2.45) is 29.4 Å². The molecule has 0 spiro atoms. The summed E-state index contributed by atoms with van der Waals surface area (Å²) in [5, 5.41) is 7.32. The van der Waals surface area contributed by atoms with E-state index >= 15 is 0 Å². The van der Waals surface area contributed by atoms with Gasteiger partial charge in [0.15, 0.2) is 0 Å². The number of carbonyl (C=O) groups excluding carboxylic acids is 1. The zero-order valence-electron chi connectivity index (χ0n) is 14.3. The summed E-state index contributed by atoms with van der Waals surface area (Å²) in [5.74, 6) is 1.82. The third-order valence-corrected chi connectivity index (χ3v) is 4.05. The van der Waals surface area contributed by atoms with Crippen LogP contribution in [0, 0.1) is 35.0 Å². The highest BCUT2D eigenvalue weighted by atomic mass is 16.1. The Kier molecular flexibility index (Phi) is 10.8. The van der Waals surface area contributed by atoms with Gasteiger partial charge in [-0.15, -0.1) is 0 Å². The fraction of sp³-hybridized carbons (Fsp3) is 0.579. The van der Waals surface area contributed by atoms with Gasteiger partial charge in [-0.1, -0.05) is 63.6 Å². The van der Waals surface area contributed by atoms with Crippen molar-refractivity contribution in [1.82, 2.24) is 0 Å². The van der Waals surface area contributed by atoms with Crippen LogP contribution in [-0.4, -0.2) is 5.91 Å². The zero-order valence-corrected chi connectivity index (χ0v) is 14.3. The Hall–Kier alpha value is -1.82. The van der Waals surface area contributed by atoms with E-state index in [9.17, 15) is 4.79 Å². The molecule has 1 aromatic carbocycles. The van der Waals surface area contributed by atoms with Crippen LogP contribution in [0.5, 0.6) is 0 Å². The number of primary amides is 1. The first-order valence-corrected chi connectivity index (χ1v) is 8.04. The minimum Gasteiger partial charge on any atom is -0.369 e. The third-order valence-electron chi connectivity index (χ3n) is 4.05. The van der Waals surface area contributed by atoms with Crippen LogP contribution in [0.2, 0.25) is 0 Å². The van der Waals surface area contributed by atoms with Crippen molar-refractivity contribution in [3.63, 3.8) is 0 Å². The number of nitrogens with two attached hydrogens (primary N) is 1. The Morgan fingerprint density at radius 1 is 1.14 bits per heavy atom. The highest BCUT2D eigenvalue weighted by Gasteiger charge is 2.33. The maximum Gasteiger partial charge on any atom is 0.220 e. The summed E-state index contributed by atoms with van der Waals surface area (Å²) in [6.45, 7) is 8.03. The van der Waals surface area contributed by atoms with Crippen LogP contribution in [0.15, 0.2) is 36.4 Å². The summed E-state index contributed by atoms with van der Waals surface area (Å²) in [5.41, 5.74) is 5.42. The smallest absolute Gasteiger partial charge is 0.220 e. The summed E-state index contributed by atoms with van der Waals surface area (Å²) < 4.78 is 0. The average Bonchev–Trinajstić information content (AvgIpc) is 2.50. The molecule has 0 bridgehead atoms. The van der Waals surface area contributed by atoms with Crippen LogP contribution >= 0.6 is 0 Å². The quantitative estimate of drug-likeness (QED) is 0.880. The molecule has 1 fully saturated rings. The van der Waals surface area contributed by atoms with Crippen molar-refractivity contribution in [2.75, 3.05) is 0 Å². The van der Waals surface area contributed by atoms with Gasteiger partial charge in [0, 0.05) is 12.8 Å². The topological polar surface area (TPSA) is 66.9 Å². The van der Waals surface area contributed by atoms with Gasteiger partial charge in [-0.3, -0.25) is 4.79 Å². The molecule has 1 aromatic rings. The van der Waals surface area contributed by atoms with E-state index in [-0.39, 0.29) is 11.8 Å². The molecule has 2 N–H and O–H groups in total. The minimum absolute atomic E-state index is 0.0924. The molecule has 2 rings (SSSR count). The van der Waals surface area contributed by atoms with Crippen LogP contribution in [0.25, 0.3) is 0 Å². The van der Waals surface area contributed by atoms with Crippen molar-refractivity contribution in [3.05, 3.63) is 36.4 Å². The molecule has 22 heavy (non-hydrogen) atoms. The van der Waals surface area contributed by atoms with Gasteiger partial charge in [-0.25, -0.2) is 0 Å². The Labute approximate surface area is 135 Å². The summed E-state index contributed by atoms with van der Waals surface area (Å²) in [4.78, 5) is 11.2. The van der Waals surface area contributed by atoms with Gasteiger partial charge in [0.2, 0.25) is 5.91 Å². The van der Waals surface area contributed by atoms with E-state index in [2.05, 4.69) is 20.8 Å². The minimum atomic E-state index is -0.0924. The Morgan fingerprint density at radius 3 is 1.86 bits per heavy atom. The number of carbonyl (C=O) groups is 1.